The summed E-state index contributed by atoms with van der Waals surface area (Å²) in [7, 11) is 1.53. The number of hydrazone groups is 1. The molecule has 3 N–H and O–H groups in total. The van der Waals surface area contributed by atoms with Gasteiger partial charge in [0.25, 0.3) is 5.91 Å². The summed E-state index contributed by atoms with van der Waals surface area (Å²) in [6.45, 7) is 1.59. The van der Waals surface area contributed by atoms with Crippen molar-refractivity contribution >= 4 is 46.9 Å². The molecule has 0 heterocycles. The van der Waals surface area contributed by atoms with E-state index < -0.39 is 11.8 Å². The highest BCUT2D eigenvalue weighted by Gasteiger charge is 2.13. The second-order valence-electron chi connectivity index (χ2n) is 7.22. The van der Waals surface area contributed by atoms with E-state index in [1.807, 2.05) is 6.92 Å². The third-order valence-corrected chi connectivity index (χ3v) is 4.91. The maximum absolute atomic E-state index is 12.3. The number of halogens is 1. The van der Waals surface area contributed by atoms with Crippen LogP contribution in [0.3, 0.4) is 0 Å². The summed E-state index contributed by atoms with van der Waals surface area (Å²) < 4.78 is 10.6. The van der Waals surface area contributed by atoms with E-state index in [1.54, 1.807) is 66.7 Å². The Balaban J connectivity index is 1.53. The number of carbonyl (C=O) groups excluding carboxylic acids is 3. The molecule has 0 unspecified atom stereocenters. The molecule has 35 heavy (non-hydrogen) atoms. The van der Waals surface area contributed by atoms with Crippen LogP contribution in [0, 0.1) is 6.92 Å². The van der Waals surface area contributed by atoms with Gasteiger partial charge in [0.05, 0.1) is 13.3 Å². The van der Waals surface area contributed by atoms with Crippen molar-refractivity contribution in [2.75, 3.05) is 24.4 Å². The number of benzene rings is 3. The van der Waals surface area contributed by atoms with Crippen molar-refractivity contribution in [1.29, 1.82) is 0 Å². The summed E-state index contributed by atoms with van der Waals surface area (Å²) in [5.74, 6) is -1.22. The van der Waals surface area contributed by atoms with Crippen molar-refractivity contribution in [1.82, 2.24) is 5.43 Å². The fourth-order valence-corrected chi connectivity index (χ4v) is 3.02. The van der Waals surface area contributed by atoms with Crippen molar-refractivity contribution < 1.29 is 23.9 Å². The molecule has 0 saturated heterocycles. The first-order valence-electron chi connectivity index (χ1n) is 10.4. The van der Waals surface area contributed by atoms with Crippen LogP contribution in [0.1, 0.15) is 11.1 Å². The van der Waals surface area contributed by atoms with Crippen LogP contribution in [0.15, 0.2) is 71.8 Å². The zero-order valence-electron chi connectivity index (χ0n) is 19.0. The van der Waals surface area contributed by atoms with Gasteiger partial charge in [0.15, 0.2) is 6.61 Å². The molecule has 0 aromatic heterocycles. The Labute approximate surface area is 207 Å². The van der Waals surface area contributed by atoms with Crippen molar-refractivity contribution in [3.63, 3.8) is 0 Å². The second kappa shape index (κ2) is 12.2. The van der Waals surface area contributed by atoms with E-state index in [2.05, 4.69) is 21.2 Å². The molecule has 0 spiro atoms. The van der Waals surface area contributed by atoms with Crippen molar-refractivity contribution in [3.8, 4) is 11.5 Å². The molecule has 3 aromatic rings. The summed E-state index contributed by atoms with van der Waals surface area (Å²) in [5, 5.41) is 9.52. The Bertz CT molecular complexity index is 1240. The largest absolute Gasteiger partial charge is 0.497 e. The number of rotatable bonds is 8. The zero-order chi connectivity index (χ0) is 25.2. The van der Waals surface area contributed by atoms with E-state index in [4.69, 9.17) is 21.1 Å². The van der Waals surface area contributed by atoms with Gasteiger partial charge in [-0.15, -0.1) is 0 Å². The number of anilines is 2. The molecule has 0 atom stereocenters. The van der Waals surface area contributed by atoms with Crippen LogP contribution in [0.25, 0.3) is 0 Å². The fraction of sp³-hybridized carbons (Fsp3) is 0.120. The van der Waals surface area contributed by atoms with Crippen LogP contribution in [0.5, 0.6) is 11.5 Å². The highest BCUT2D eigenvalue weighted by molar-refractivity contribution is 6.39. The van der Waals surface area contributed by atoms with Crippen LogP contribution in [-0.2, 0) is 14.4 Å². The van der Waals surface area contributed by atoms with Crippen molar-refractivity contribution in [2.24, 2.45) is 5.10 Å². The molecular weight excluding hydrogens is 472 g/mol. The van der Waals surface area contributed by atoms with Gasteiger partial charge in [0, 0.05) is 22.0 Å². The first kappa shape index (κ1) is 25.3. The minimum absolute atomic E-state index is 0.257. The lowest BCUT2D eigenvalue weighted by Crippen LogP contribution is -2.32. The molecule has 3 rings (SSSR count). The SMILES string of the molecule is COc1ccc(NC(=O)C(=O)N/N=C\c2ccccc2OCC(=O)Nc2cc(Cl)ccc2C)cc1. The summed E-state index contributed by atoms with van der Waals surface area (Å²) in [4.78, 5) is 36.4. The number of aryl methyl sites for hydroxylation is 1. The first-order valence-corrected chi connectivity index (χ1v) is 10.8. The average molecular weight is 495 g/mol. The Kier molecular flexibility index (Phi) is 8.80. The predicted molar refractivity (Wildman–Crippen MR) is 134 cm³/mol. The summed E-state index contributed by atoms with van der Waals surface area (Å²) >= 11 is 5.98. The van der Waals surface area contributed by atoms with E-state index in [9.17, 15) is 14.4 Å². The smallest absolute Gasteiger partial charge is 0.329 e. The summed E-state index contributed by atoms with van der Waals surface area (Å²) in [6, 6.07) is 18.5. The Morgan fingerprint density at radius 3 is 2.46 bits per heavy atom. The van der Waals surface area contributed by atoms with Gasteiger partial charge >= 0.3 is 11.8 Å². The molecule has 0 aliphatic rings. The quantitative estimate of drug-likeness (QED) is 0.250. The summed E-state index contributed by atoms with van der Waals surface area (Å²) in [6.07, 6.45) is 1.31. The van der Waals surface area contributed by atoms with Gasteiger partial charge < -0.3 is 20.1 Å². The summed E-state index contributed by atoms with van der Waals surface area (Å²) in [5.41, 5.74) is 4.54. The minimum atomic E-state index is -0.952. The Morgan fingerprint density at radius 2 is 1.71 bits per heavy atom. The van der Waals surface area contributed by atoms with Gasteiger partial charge in [-0.05, 0) is 61.0 Å². The molecule has 10 heteroatoms. The molecule has 0 radical (unpaired) electrons. The minimum Gasteiger partial charge on any atom is -0.497 e. The Morgan fingerprint density at radius 1 is 0.971 bits per heavy atom. The van der Waals surface area contributed by atoms with Gasteiger partial charge in [-0.3, -0.25) is 14.4 Å². The van der Waals surface area contributed by atoms with Gasteiger partial charge in [0.2, 0.25) is 0 Å². The van der Waals surface area contributed by atoms with E-state index in [0.717, 1.165) is 5.56 Å². The molecule has 0 aliphatic heterocycles. The molecule has 180 valence electrons. The lowest BCUT2D eigenvalue weighted by molar-refractivity contribution is -0.136. The standard InChI is InChI=1S/C25H23ClN4O5/c1-16-7-8-18(26)13-21(16)29-23(31)15-35-22-6-4-3-5-17(22)14-27-30-25(33)24(32)28-19-9-11-20(34-2)12-10-19/h3-14H,15H2,1-2H3,(H,28,32)(H,29,31)(H,30,33)/b27-14-. The number of amides is 3. The molecule has 0 bridgehead atoms. The average Bonchev–Trinajstić information content (AvgIpc) is 2.86. The number of carbonyl (C=O) groups is 3. The molecule has 3 aromatic carbocycles. The number of hydrogen-bond donors (Lipinski definition) is 3. The topological polar surface area (TPSA) is 118 Å². The van der Waals surface area contributed by atoms with Crippen LogP contribution >= 0.6 is 11.6 Å². The third kappa shape index (κ3) is 7.58. The first-order chi connectivity index (χ1) is 16.9. The van der Waals surface area contributed by atoms with Crippen LogP contribution in [0.4, 0.5) is 11.4 Å². The monoisotopic (exact) mass is 494 g/mol. The van der Waals surface area contributed by atoms with Crippen molar-refractivity contribution in [3.05, 3.63) is 82.9 Å². The lowest BCUT2D eigenvalue weighted by Gasteiger charge is -2.11. The van der Waals surface area contributed by atoms with E-state index in [0.29, 0.717) is 33.5 Å². The Hall–Kier alpha value is -4.37. The molecule has 3 amide bonds. The zero-order valence-corrected chi connectivity index (χ0v) is 19.8. The normalized spacial score (nSPS) is 10.5. The molecular formula is C25H23ClN4O5. The van der Waals surface area contributed by atoms with Crippen LogP contribution in [-0.4, -0.2) is 37.7 Å². The number of nitrogens with one attached hydrogen (secondary N) is 3. The fourth-order valence-electron chi connectivity index (χ4n) is 2.85. The predicted octanol–water partition coefficient (Wildman–Crippen LogP) is 3.76. The third-order valence-electron chi connectivity index (χ3n) is 4.68. The van der Waals surface area contributed by atoms with Crippen LogP contribution < -0.4 is 25.5 Å². The number of methoxy groups -OCH3 is 1. The van der Waals surface area contributed by atoms with Gasteiger partial charge in [-0.25, -0.2) is 5.43 Å². The second-order valence-corrected chi connectivity index (χ2v) is 7.65. The molecule has 0 fully saturated rings. The lowest BCUT2D eigenvalue weighted by atomic mass is 10.2. The number of ether oxygens (including phenoxy) is 2. The number of hydrogen-bond acceptors (Lipinski definition) is 6. The highest BCUT2D eigenvalue weighted by atomic mass is 35.5. The highest BCUT2D eigenvalue weighted by Crippen LogP contribution is 2.21. The maximum Gasteiger partial charge on any atom is 0.329 e. The van der Waals surface area contributed by atoms with E-state index >= 15 is 0 Å². The van der Waals surface area contributed by atoms with Crippen molar-refractivity contribution in [2.45, 2.75) is 6.92 Å². The maximum atomic E-state index is 12.3. The molecule has 0 saturated carbocycles. The van der Waals surface area contributed by atoms with E-state index in [1.165, 1.54) is 13.3 Å². The van der Waals surface area contributed by atoms with Gasteiger partial charge in [0.1, 0.15) is 11.5 Å². The molecule has 0 aliphatic carbocycles. The number of para-hydroxylation sites is 1. The van der Waals surface area contributed by atoms with E-state index in [-0.39, 0.29) is 12.5 Å². The molecule has 9 nitrogen and oxygen atoms in total. The number of nitrogens with zero attached hydrogens (tertiary/aromatic N) is 1. The van der Waals surface area contributed by atoms with Gasteiger partial charge in [-0.2, -0.15) is 5.10 Å². The van der Waals surface area contributed by atoms with Crippen LogP contribution in [0.2, 0.25) is 5.02 Å². The van der Waals surface area contributed by atoms with Gasteiger partial charge in [-0.1, -0.05) is 29.8 Å².